The van der Waals surface area contributed by atoms with Gasteiger partial charge >= 0.3 is 6.18 Å². The van der Waals surface area contributed by atoms with Crippen LogP contribution in [0.1, 0.15) is 63.6 Å². The summed E-state index contributed by atoms with van der Waals surface area (Å²) in [7, 11) is 0. The molecule has 1 saturated carbocycles. The van der Waals surface area contributed by atoms with Gasteiger partial charge in [-0.3, -0.25) is 14.6 Å². The fraction of sp³-hybridized carbons (Fsp3) is 0.667. The maximum absolute atomic E-state index is 13.4. The fourth-order valence-electron chi connectivity index (χ4n) is 4.79. The molecular formula is C21H26BrF3N4OS. The molecule has 170 valence electrons. The second-order valence-corrected chi connectivity index (χ2v) is 9.95. The molecule has 2 aliphatic rings. The van der Waals surface area contributed by atoms with Crippen molar-refractivity contribution in [3.63, 3.8) is 0 Å². The van der Waals surface area contributed by atoms with Crippen LogP contribution in [0, 0.1) is 17.2 Å². The number of rotatable bonds is 5. The Kier molecular flexibility index (Phi) is 7.28. The Bertz CT molecular complexity index is 865. The molecule has 0 aromatic carbocycles. The minimum atomic E-state index is -4.74. The summed E-state index contributed by atoms with van der Waals surface area (Å²) in [5.41, 5.74) is -3.48. The van der Waals surface area contributed by atoms with Crippen molar-refractivity contribution in [1.29, 1.82) is 5.26 Å². The average Bonchev–Trinajstić information content (AvgIpc) is 2.90. The van der Waals surface area contributed by atoms with Crippen LogP contribution >= 0.6 is 28.6 Å². The van der Waals surface area contributed by atoms with Gasteiger partial charge in [0.1, 0.15) is 11.6 Å². The highest BCUT2D eigenvalue weighted by molar-refractivity contribution is 9.09. The molecule has 1 aliphatic carbocycles. The van der Waals surface area contributed by atoms with E-state index in [-0.39, 0.29) is 17.6 Å². The summed E-state index contributed by atoms with van der Waals surface area (Å²) in [5, 5.41) is 9.99. The number of pyridine rings is 1. The van der Waals surface area contributed by atoms with Crippen LogP contribution in [0.4, 0.5) is 18.9 Å². The van der Waals surface area contributed by atoms with Gasteiger partial charge in [0.05, 0.1) is 23.0 Å². The van der Waals surface area contributed by atoms with Gasteiger partial charge in [-0.25, -0.2) is 4.98 Å². The lowest BCUT2D eigenvalue weighted by atomic mass is 9.82. The van der Waals surface area contributed by atoms with Crippen molar-refractivity contribution in [2.45, 2.75) is 75.6 Å². The maximum Gasteiger partial charge on any atom is 0.419 e. The van der Waals surface area contributed by atoms with Crippen LogP contribution in [0.5, 0.6) is 0 Å². The molecule has 2 heterocycles. The summed E-state index contributed by atoms with van der Waals surface area (Å²) in [5.74, 6) is 0.343. The molecule has 1 aliphatic heterocycles. The van der Waals surface area contributed by atoms with Crippen LogP contribution in [0.25, 0.3) is 0 Å². The highest BCUT2D eigenvalue weighted by Gasteiger charge is 2.54. The number of nitriles is 1. The molecule has 0 radical (unpaired) electrons. The van der Waals surface area contributed by atoms with Crippen molar-refractivity contribution in [3.05, 3.63) is 23.5 Å². The Morgan fingerprint density at radius 2 is 1.97 bits per heavy atom. The summed E-state index contributed by atoms with van der Waals surface area (Å²) in [6, 6.07) is 2.42. The van der Waals surface area contributed by atoms with Gasteiger partial charge in [0.2, 0.25) is 5.91 Å². The second kappa shape index (κ2) is 9.28. The molecule has 10 heteroatoms. The van der Waals surface area contributed by atoms with E-state index < -0.39 is 28.5 Å². The number of hydrogen-bond acceptors (Lipinski definition) is 5. The molecule has 0 N–H and O–H groups in total. The van der Waals surface area contributed by atoms with Crippen LogP contribution in [-0.2, 0) is 11.0 Å². The Morgan fingerprint density at radius 3 is 2.52 bits per heavy atom. The second-order valence-electron chi connectivity index (χ2n) is 8.69. The first-order chi connectivity index (χ1) is 14.5. The Balaban J connectivity index is 1.87. The zero-order valence-electron chi connectivity index (χ0n) is 17.5. The molecule has 1 aromatic rings. The minimum absolute atomic E-state index is 0.00194. The lowest BCUT2D eigenvalue weighted by molar-refractivity contribution is -0.138. The SMILES string of the molecule is CC1(C)C(=O)N(c2cnc(C#N)c(C(F)(F)F)c2)C(S)N1C1CCC(CCCBr)CC1. The number of hydrogen-bond donors (Lipinski definition) is 1. The third-order valence-electron chi connectivity index (χ3n) is 6.39. The van der Waals surface area contributed by atoms with Gasteiger partial charge in [-0.2, -0.15) is 18.4 Å². The summed E-state index contributed by atoms with van der Waals surface area (Å²) >= 11 is 8.13. The predicted octanol–water partition coefficient (Wildman–Crippen LogP) is 5.35. The molecule has 1 saturated heterocycles. The Hall–Kier alpha value is -1.31. The lowest BCUT2D eigenvalue weighted by Crippen LogP contribution is -2.51. The molecule has 0 bridgehead atoms. The third-order valence-corrected chi connectivity index (χ3v) is 7.43. The van der Waals surface area contributed by atoms with Gasteiger partial charge in [-0.15, -0.1) is 12.6 Å². The molecule has 0 spiro atoms. The van der Waals surface area contributed by atoms with E-state index >= 15 is 0 Å². The topological polar surface area (TPSA) is 60.2 Å². The summed E-state index contributed by atoms with van der Waals surface area (Å²) in [6.07, 6.45) is 2.69. The summed E-state index contributed by atoms with van der Waals surface area (Å²) in [6.45, 7) is 3.58. The lowest BCUT2D eigenvalue weighted by Gasteiger charge is -2.41. The number of thiol groups is 1. The highest BCUT2D eigenvalue weighted by atomic mass is 79.9. The van der Waals surface area contributed by atoms with Crippen molar-refractivity contribution in [3.8, 4) is 6.07 Å². The van der Waals surface area contributed by atoms with Crippen molar-refractivity contribution in [2.24, 2.45) is 5.92 Å². The Morgan fingerprint density at radius 1 is 1.32 bits per heavy atom. The molecule has 1 aromatic heterocycles. The van der Waals surface area contributed by atoms with Crippen LogP contribution in [-0.4, -0.2) is 38.2 Å². The zero-order chi connectivity index (χ0) is 23.0. The number of anilines is 1. The van der Waals surface area contributed by atoms with E-state index in [0.29, 0.717) is 5.92 Å². The van der Waals surface area contributed by atoms with E-state index in [9.17, 15) is 18.0 Å². The van der Waals surface area contributed by atoms with E-state index in [1.54, 1.807) is 13.8 Å². The van der Waals surface area contributed by atoms with E-state index in [1.165, 1.54) is 17.4 Å². The molecule has 1 amide bonds. The Labute approximate surface area is 194 Å². The van der Waals surface area contributed by atoms with Gasteiger partial charge < -0.3 is 0 Å². The van der Waals surface area contributed by atoms with E-state index in [0.717, 1.165) is 49.7 Å². The molecule has 1 atom stereocenters. The number of nitrogens with zero attached hydrogens (tertiary/aromatic N) is 4. The van der Waals surface area contributed by atoms with Crippen LogP contribution in [0.3, 0.4) is 0 Å². The first-order valence-corrected chi connectivity index (χ1v) is 12.0. The van der Waals surface area contributed by atoms with Gasteiger partial charge in [-0.1, -0.05) is 15.9 Å². The van der Waals surface area contributed by atoms with E-state index in [4.69, 9.17) is 5.26 Å². The quantitative estimate of drug-likeness (QED) is 0.421. The maximum atomic E-state index is 13.4. The van der Waals surface area contributed by atoms with Crippen molar-refractivity contribution >= 4 is 40.2 Å². The van der Waals surface area contributed by atoms with E-state index in [1.807, 2.05) is 4.90 Å². The molecule has 31 heavy (non-hydrogen) atoms. The molecule has 3 rings (SSSR count). The largest absolute Gasteiger partial charge is 0.419 e. The van der Waals surface area contributed by atoms with Crippen LogP contribution in [0.2, 0.25) is 0 Å². The van der Waals surface area contributed by atoms with Crippen molar-refractivity contribution in [1.82, 2.24) is 9.88 Å². The van der Waals surface area contributed by atoms with Gasteiger partial charge in [0.25, 0.3) is 0 Å². The first-order valence-electron chi connectivity index (χ1n) is 10.4. The molecule has 1 unspecified atom stereocenters. The number of halogens is 4. The number of aromatic nitrogens is 1. The third kappa shape index (κ3) is 4.74. The zero-order valence-corrected chi connectivity index (χ0v) is 20.0. The van der Waals surface area contributed by atoms with Gasteiger partial charge in [0.15, 0.2) is 5.69 Å². The van der Waals surface area contributed by atoms with Crippen LogP contribution < -0.4 is 4.90 Å². The average molecular weight is 519 g/mol. The number of carbonyl (C=O) groups excluding carboxylic acids is 1. The molecule has 5 nitrogen and oxygen atoms in total. The van der Waals surface area contributed by atoms with E-state index in [2.05, 4.69) is 33.5 Å². The number of carbonyl (C=O) groups is 1. The monoisotopic (exact) mass is 518 g/mol. The van der Waals surface area contributed by atoms with Crippen LogP contribution in [0.15, 0.2) is 12.3 Å². The fourth-order valence-corrected chi connectivity index (χ4v) is 5.83. The van der Waals surface area contributed by atoms with Gasteiger partial charge in [-0.05, 0) is 64.4 Å². The number of amides is 1. The normalized spacial score (nSPS) is 26.8. The van der Waals surface area contributed by atoms with Crippen molar-refractivity contribution < 1.29 is 18.0 Å². The summed E-state index contributed by atoms with van der Waals surface area (Å²) in [4.78, 5) is 20.2. The highest BCUT2D eigenvalue weighted by Crippen LogP contribution is 2.43. The standard InChI is InChI=1S/C21H26BrF3N4OS/c1-20(2)18(30)28(15-10-16(21(23,24)25)17(11-26)27-12-15)19(31)29(20)14-7-5-13(6-8-14)4-3-9-22/h10,12-14,19,31H,3-9H2,1-2H3. The van der Waals surface area contributed by atoms with Gasteiger partial charge in [0, 0.05) is 11.4 Å². The smallest absolute Gasteiger partial charge is 0.284 e. The molecular weight excluding hydrogens is 493 g/mol. The predicted molar refractivity (Wildman–Crippen MR) is 119 cm³/mol. The molecule has 2 fully saturated rings. The summed E-state index contributed by atoms with van der Waals surface area (Å²) < 4.78 is 40.2. The first kappa shape index (κ1) is 24.3. The number of alkyl halides is 4. The minimum Gasteiger partial charge on any atom is -0.284 e. The van der Waals surface area contributed by atoms with Crippen molar-refractivity contribution in [2.75, 3.05) is 10.2 Å².